The SMILES string of the molecule is COc1cccc(-n2c(=O)c3ccccc3n3c(SCC(=O)N(c4ccccc4)C(C)C)nnc23)c1. The van der Waals surface area contributed by atoms with Crippen molar-refractivity contribution in [3.63, 3.8) is 0 Å². The molecule has 0 N–H and O–H groups in total. The van der Waals surface area contributed by atoms with Gasteiger partial charge < -0.3 is 9.64 Å². The predicted molar refractivity (Wildman–Crippen MR) is 142 cm³/mol. The molecule has 0 saturated carbocycles. The van der Waals surface area contributed by atoms with E-state index in [0.717, 1.165) is 5.69 Å². The number of aromatic nitrogens is 4. The Morgan fingerprint density at radius 1 is 1.00 bits per heavy atom. The largest absolute Gasteiger partial charge is 0.497 e. The number of hydrogen-bond donors (Lipinski definition) is 0. The molecule has 9 heteroatoms. The van der Waals surface area contributed by atoms with Crippen molar-refractivity contribution in [2.24, 2.45) is 0 Å². The number of methoxy groups -OCH3 is 1. The van der Waals surface area contributed by atoms with Gasteiger partial charge in [-0.2, -0.15) is 0 Å². The number of carbonyl (C=O) groups is 1. The van der Waals surface area contributed by atoms with Crippen LogP contribution >= 0.6 is 11.8 Å². The first-order chi connectivity index (χ1) is 17.5. The van der Waals surface area contributed by atoms with E-state index in [1.807, 2.05) is 85.0 Å². The van der Waals surface area contributed by atoms with Gasteiger partial charge in [-0.1, -0.05) is 48.2 Å². The lowest BCUT2D eigenvalue weighted by atomic mass is 10.2. The van der Waals surface area contributed by atoms with Crippen LogP contribution in [0.1, 0.15) is 13.8 Å². The number of carbonyl (C=O) groups excluding carboxylic acids is 1. The number of thioether (sulfide) groups is 1. The van der Waals surface area contributed by atoms with E-state index in [1.54, 1.807) is 24.1 Å². The lowest BCUT2D eigenvalue weighted by molar-refractivity contribution is -0.116. The molecule has 2 heterocycles. The Kier molecular flexibility index (Phi) is 6.47. The normalized spacial score (nSPS) is 11.3. The van der Waals surface area contributed by atoms with Crippen molar-refractivity contribution >= 4 is 40.0 Å². The molecule has 0 saturated heterocycles. The Hall–Kier alpha value is -4.11. The predicted octanol–water partition coefficient (Wildman–Crippen LogP) is 4.58. The molecule has 2 aromatic heterocycles. The van der Waals surface area contributed by atoms with Crippen LogP contribution in [-0.2, 0) is 4.79 Å². The smallest absolute Gasteiger partial charge is 0.267 e. The number of para-hydroxylation sites is 2. The zero-order valence-corrected chi connectivity index (χ0v) is 21.0. The molecule has 0 aliphatic carbocycles. The highest BCUT2D eigenvalue weighted by Crippen LogP contribution is 2.26. The number of benzene rings is 3. The zero-order valence-electron chi connectivity index (χ0n) is 20.2. The number of anilines is 1. The first kappa shape index (κ1) is 23.6. The van der Waals surface area contributed by atoms with Crippen LogP contribution < -0.4 is 15.2 Å². The second-order valence-electron chi connectivity index (χ2n) is 8.46. The van der Waals surface area contributed by atoms with Gasteiger partial charge in [-0.3, -0.25) is 14.0 Å². The molecule has 8 nitrogen and oxygen atoms in total. The van der Waals surface area contributed by atoms with Crippen LogP contribution in [0.4, 0.5) is 5.69 Å². The van der Waals surface area contributed by atoms with Crippen LogP contribution in [0.15, 0.2) is 88.8 Å². The Bertz CT molecular complexity index is 1610. The summed E-state index contributed by atoms with van der Waals surface area (Å²) >= 11 is 1.30. The van der Waals surface area contributed by atoms with Crippen molar-refractivity contribution in [1.82, 2.24) is 19.2 Å². The fraction of sp³-hybridized carbons (Fsp3) is 0.185. The molecule has 5 aromatic rings. The van der Waals surface area contributed by atoms with Crippen LogP contribution in [0, 0.1) is 0 Å². The van der Waals surface area contributed by atoms with Crippen LogP contribution in [0.3, 0.4) is 0 Å². The average molecular weight is 500 g/mol. The van der Waals surface area contributed by atoms with E-state index >= 15 is 0 Å². The molecule has 0 atom stereocenters. The quantitative estimate of drug-likeness (QED) is 0.305. The summed E-state index contributed by atoms with van der Waals surface area (Å²) in [7, 11) is 1.58. The van der Waals surface area contributed by atoms with Gasteiger partial charge in [-0.05, 0) is 50.2 Å². The minimum absolute atomic E-state index is 0.00489. The number of ether oxygens (including phenoxy) is 1. The minimum Gasteiger partial charge on any atom is -0.497 e. The maximum atomic E-state index is 13.5. The molecule has 0 unspecified atom stereocenters. The van der Waals surface area contributed by atoms with E-state index in [-0.39, 0.29) is 23.3 Å². The summed E-state index contributed by atoms with van der Waals surface area (Å²) in [5, 5.41) is 9.80. The Morgan fingerprint density at radius 2 is 1.75 bits per heavy atom. The summed E-state index contributed by atoms with van der Waals surface area (Å²) in [6, 6.07) is 24.2. The molecule has 5 rings (SSSR count). The third-order valence-corrected chi connectivity index (χ3v) is 6.76. The molecule has 0 aliphatic heterocycles. The van der Waals surface area contributed by atoms with Crippen molar-refractivity contribution in [3.05, 3.63) is 89.2 Å². The van der Waals surface area contributed by atoms with E-state index in [9.17, 15) is 9.59 Å². The summed E-state index contributed by atoms with van der Waals surface area (Å²) in [6.45, 7) is 3.98. The number of hydrogen-bond acceptors (Lipinski definition) is 6. The van der Waals surface area contributed by atoms with Gasteiger partial charge in [0.15, 0.2) is 5.16 Å². The highest BCUT2D eigenvalue weighted by Gasteiger charge is 2.22. The van der Waals surface area contributed by atoms with Crippen LogP contribution in [-0.4, -0.2) is 44.0 Å². The lowest BCUT2D eigenvalue weighted by Crippen LogP contribution is -2.38. The van der Waals surface area contributed by atoms with Crippen molar-refractivity contribution in [2.75, 3.05) is 17.8 Å². The summed E-state index contributed by atoms with van der Waals surface area (Å²) in [4.78, 5) is 28.6. The van der Waals surface area contributed by atoms with E-state index in [2.05, 4.69) is 10.2 Å². The van der Waals surface area contributed by atoms with Crippen LogP contribution in [0.5, 0.6) is 5.75 Å². The van der Waals surface area contributed by atoms with E-state index in [0.29, 0.717) is 33.3 Å². The average Bonchev–Trinajstić information content (AvgIpc) is 3.32. The minimum atomic E-state index is -0.207. The van der Waals surface area contributed by atoms with Gasteiger partial charge in [0, 0.05) is 17.8 Å². The van der Waals surface area contributed by atoms with E-state index in [1.165, 1.54) is 16.3 Å². The molecule has 0 bridgehead atoms. The Morgan fingerprint density at radius 3 is 2.50 bits per heavy atom. The number of rotatable bonds is 7. The molecular formula is C27H25N5O3S. The van der Waals surface area contributed by atoms with Gasteiger partial charge in [0.2, 0.25) is 11.7 Å². The number of amides is 1. The topological polar surface area (TPSA) is 81.7 Å². The maximum Gasteiger partial charge on any atom is 0.267 e. The standard InChI is InChI=1S/C27H25N5O3S/c1-18(2)30(19-10-5-4-6-11-19)24(33)17-36-27-29-28-26-31(20-12-9-13-21(16-20)35-3)25(34)22-14-7-8-15-23(22)32(26)27/h4-16,18H,17H2,1-3H3. The van der Waals surface area contributed by atoms with Crippen molar-refractivity contribution in [1.29, 1.82) is 0 Å². The molecule has 0 spiro atoms. The molecule has 36 heavy (non-hydrogen) atoms. The Labute approximate surface area is 212 Å². The van der Waals surface area contributed by atoms with Crippen LogP contribution in [0.25, 0.3) is 22.4 Å². The van der Waals surface area contributed by atoms with Gasteiger partial charge in [0.1, 0.15) is 5.75 Å². The summed E-state index contributed by atoms with van der Waals surface area (Å²) < 4.78 is 8.71. The lowest BCUT2D eigenvalue weighted by Gasteiger charge is -2.26. The molecule has 3 aromatic carbocycles. The number of nitrogens with zero attached hydrogens (tertiary/aromatic N) is 5. The molecule has 182 valence electrons. The summed E-state index contributed by atoms with van der Waals surface area (Å²) in [5.74, 6) is 1.12. The first-order valence-corrected chi connectivity index (χ1v) is 12.5. The monoisotopic (exact) mass is 499 g/mol. The molecule has 1 amide bonds. The third kappa shape index (κ3) is 4.22. The highest BCUT2D eigenvalue weighted by molar-refractivity contribution is 7.99. The van der Waals surface area contributed by atoms with Crippen molar-refractivity contribution in [3.8, 4) is 11.4 Å². The Balaban J connectivity index is 1.59. The summed E-state index contributed by atoms with van der Waals surface area (Å²) in [6.07, 6.45) is 0. The van der Waals surface area contributed by atoms with Crippen molar-refractivity contribution < 1.29 is 9.53 Å². The van der Waals surface area contributed by atoms with Crippen molar-refractivity contribution in [2.45, 2.75) is 25.0 Å². The van der Waals surface area contributed by atoms with Gasteiger partial charge in [0.25, 0.3) is 5.56 Å². The second-order valence-corrected chi connectivity index (χ2v) is 9.40. The van der Waals surface area contributed by atoms with E-state index in [4.69, 9.17) is 4.74 Å². The maximum absolute atomic E-state index is 13.5. The molecule has 0 fully saturated rings. The fourth-order valence-electron chi connectivity index (χ4n) is 4.27. The molecule has 0 aliphatic rings. The second kappa shape index (κ2) is 9.87. The zero-order chi connectivity index (χ0) is 25.2. The van der Waals surface area contributed by atoms with Crippen LogP contribution in [0.2, 0.25) is 0 Å². The van der Waals surface area contributed by atoms with E-state index < -0.39 is 0 Å². The first-order valence-electron chi connectivity index (χ1n) is 11.5. The summed E-state index contributed by atoms with van der Waals surface area (Å²) in [5.41, 5.74) is 1.94. The molecule has 0 radical (unpaired) electrons. The van der Waals surface area contributed by atoms with Gasteiger partial charge in [-0.25, -0.2) is 4.57 Å². The van der Waals surface area contributed by atoms with Gasteiger partial charge in [-0.15, -0.1) is 10.2 Å². The fourth-order valence-corrected chi connectivity index (χ4v) is 5.07. The third-order valence-electron chi connectivity index (χ3n) is 5.85. The highest BCUT2D eigenvalue weighted by atomic mass is 32.2. The molecular weight excluding hydrogens is 474 g/mol. The van der Waals surface area contributed by atoms with Gasteiger partial charge in [0.05, 0.1) is 29.5 Å². The van der Waals surface area contributed by atoms with Gasteiger partial charge >= 0.3 is 0 Å². The number of fused-ring (bicyclic) bond motifs is 3.